The summed E-state index contributed by atoms with van der Waals surface area (Å²) >= 11 is 0. The van der Waals surface area contributed by atoms with Gasteiger partial charge in [0.25, 0.3) is 5.91 Å². The van der Waals surface area contributed by atoms with Gasteiger partial charge in [-0.3, -0.25) is 9.36 Å². The van der Waals surface area contributed by atoms with Crippen LogP contribution in [-0.2, 0) is 24.6 Å². The van der Waals surface area contributed by atoms with Crippen LogP contribution < -0.4 is 5.32 Å². The fraction of sp³-hybridized carbons (Fsp3) is 0.474. The quantitative estimate of drug-likeness (QED) is 0.432. The summed E-state index contributed by atoms with van der Waals surface area (Å²) in [5.41, 5.74) is 2.01. The van der Waals surface area contributed by atoms with Gasteiger partial charge < -0.3 is 19.5 Å². The van der Waals surface area contributed by atoms with Crippen molar-refractivity contribution in [2.75, 3.05) is 13.2 Å². The van der Waals surface area contributed by atoms with E-state index in [-0.39, 0.29) is 25.8 Å². The summed E-state index contributed by atoms with van der Waals surface area (Å²) < 4.78 is 23.1. The van der Waals surface area contributed by atoms with Gasteiger partial charge in [0.15, 0.2) is 0 Å². The molecule has 0 bridgehead atoms. The van der Waals surface area contributed by atoms with Gasteiger partial charge in [0, 0.05) is 5.56 Å². The summed E-state index contributed by atoms with van der Waals surface area (Å²) in [6, 6.07) is 5.44. The van der Waals surface area contributed by atoms with Crippen molar-refractivity contribution in [1.29, 1.82) is 0 Å². The number of carboxylic acids is 1. The maximum atomic E-state index is 12.6. The average molecular weight is 397 g/mol. The molecule has 0 heterocycles. The van der Waals surface area contributed by atoms with E-state index in [4.69, 9.17) is 9.05 Å². The molecule has 1 rings (SSSR count). The van der Waals surface area contributed by atoms with Gasteiger partial charge in [-0.05, 0) is 51.8 Å². The van der Waals surface area contributed by atoms with Crippen molar-refractivity contribution in [2.45, 2.75) is 46.3 Å². The van der Waals surface area contributed by atoms with Crippen LogP contribution in [0.4, 0.5) is 0 Å². The highest BCUT2D eigenvalue weighted by Gasteiger charge is 2.24. The largest absolute Gasteiger partial charge is 0.480 e. The second-order valence-electron chi connectivity index (χ2n) is 6.18. The summed E-state index contributed by atoms with van der Waals surface area (Å²) in [4.78, 5) is 23.6. The van der Waals surface area contributed by atoms with Crippen molar-refractivity contribution in [1.82, 2.24) is 5.32 Å². The summed E-state index contributed by atoms with van der Waals surface area (Å²) in [6.07, 6.45) is 2.09. The van der Waals surface area contributed by atoms with E-state index in [1.807, 2.05) is 13.8 Å². The van der Waals surface area contributed by atoms with E-state index in [0.717, 1.165) is 5.57 Å². The maximum absolute atomic E-state index is 12.6. The lowest BCUT2D eigenvalue weighted by Crippen LogP contribution is -2.40. The molecule has 27 heavy (non-hydrogen) atoms. The number of carbonyl (C=O) groups is 2. The van der Waals surface area contributed by atoms with Crippen LogP contribution in [0.3, 0.4) is 0 Å². The van der Waals surface area contributed by atoms with Gasteiger partial charge in [-0.15, -0.1) is 0 Å². The number of benzene rings is 1. The first-order chi connectivity index (χ1) is 12.7. The number of allylic oxidation sites excluding steroid dienone is 1. The monoisotopic (exact) mass is 397 g/mol. The molecule has 0 aliphatic heterocycles. The number of rotatable bonds is 11. The van der Waals surface area contributed by atoms with Gasteiger partial charge in [0.1, 0.15) is 6.04 Å². The van der Waals surface area contributed by atoms with Gasteiger partial charge in [-0.2, -0.15) is 0 Å². The Labute approximate surface area is 160 Å². The van der Waals surface area contributed by atoms with Crippen LogP contribution in [0.2, 0.25) is 0 Å². The first kappa shape index (κ1) is 23.1. The molecule has 0 fully saturated rings. The van der Waals surface area contributed by atoms with Gasteiger partial charge in [0.05, 0.1) is 19.4 Å². The molecular formula is C19H28NO6P. The van der Waals surface area contributed by atoms with E-state index in [1.54, 1.807) is 44.2 Å². The number of carboxylic acid groups (broad SMARTS) is 1. The molecule has 1 atom stereocenters. The molecule has 1 aromatic rings. The van der Waals surface area contributed by atoms with Crippen LogP contribution in [-0.4, -0.2) is 36.2 Å². The number of nitrogens with one attached hydrogen (secondary N) is 1. The highest BCUT2D eigenvalue weighted by Crippen LogP contribution is 2.51. The van der Waals surface area contributed by atoms with Crippen molar-refractivity contribution in [2.24, 2.45) is 0 Å². The van der Waals surface area contributed by atoms with E-state index in [0.29, 0.717) is 11.1 Å². The van der Waals surface area contributed by atoms with E-state index >= 15 is 0 Å². The average Bonchev–Trinajstić information content (AvgIpc) is 2.58. The van der Waals surface area contributed by atoms with E-state index in [1.165, 1.54) is 0 Å². The molecule has 8 heteroatoms. The van der Waals surface area contributed by atoms with Gasteiger partial charge in [0.2, 0.25) is 0 Å². The molecule has 150 valence electrons. The van der Waals surface area contributed by atoms with Crippen molar-refractivity contribution in [3.05, 3.63) is 47.0 Å². The molecule has 0 aliphatic rings. The molecule has 0 saturated carbocycles. The minimum atomic E-state index is -3.22. The standard InChI is InChI=1S/C19H28NO6P/c1-5-25-27(24,26-6-2)13-15-8-10-16(11-9-15)18(21)20-17(19(22)23)12-7-14(3)4/h7-11,17H,5-6,12-13H2,1-4H3,(H,20,21)(H,22,23)/t17-/m0/s1. The predicted molar refractivity (Wildman–Crippen MR) is 104 cm³/mol. The van der Waals surface area contributed by atoms with Crippen molar-refractivity contribution < 1.29 is 28.3 Å². The Morgan fingerprint density at radius 2 is 1.70 bits per heavy atom. The fourth-order valence-corrected chi connectivity index (χ4v) is 4.03. The second-order valence-corrected chi connectivity index (χ2v) is 8.24. The Hall–Kier alpha value is -1.95. The van der Waals surface area contributed by atoms with E-state index < -0.39 is 25.5 Å². The summed E-state index contributed by atoms with van der Waals surface area (Å²) in [7, 11) is -3.22. The topological polar surface area (TPSA) is 102 Å². The summed E-state index contributed by atoms with van der Waals surface area (Å²) in [5.74, 6) is -1.57. The lowest BCUT2D eigenvalue weighted by molar-refractivity contribution is -0.139. The van der Waals surface area contributed by atoms with Gasteiger partial charge >= 0.3 is 13.6 Å². The van der Waals surface area contributed by atoms with Crippen LogP contribution in [0.1, 0.15) is 50.0 Å². The highest BCUT2D eigenvalue weighted by atomic mass is 31.2. The molecule has 2 N–H and O–H groups in total. The SMILES string of the molecule is CCOP(=O)(Cc1ccc(C(=O)N[C@@H](CC=C(C)C)C(=O)O)cc1)OCC. The maximum Gasteiger partial charge on any atom is 0.335 e. The molecule has 7 nitrogen and oxygen atoms in total. The normalized spacial score (nSPS) is 12.3. The van der Waals surface area contributed by atoms with Crippen LogP contribution in [0.25, 0.3) is 0 Å². The molecule has 0 aliphatic carbocycles. The smallest absolute Gasteiger partial charge is 0.335 e. The Morgan fingerprint density at radius 3 is 2.15 bits per heavy atom. The van der Waals surface area contributed by atoms with E-state index in [2.05, 4.69) is 5.32 Å². The summed E-state index contributed by atoms with van der Waals surface area (Å²) in [5, 5.41) is 11.8. The van der Waals surface area contributed by atoms with Crippen molar-refractivity contribution in [3.8, 4) is 0 Å². The number of hydrogen-bond donors (Lipinski definition) is 2. The molecular weight excluding hydrogens is 369 g/mol. The molecule has 0 unspecified atom stereocenters. The van der Waals surface area contributed by atoms with Crippen LogP contribution in [0.5, 0.6) is 0 Å². The Bertz CT molecular complexity index is 699. The second kappa shape index (κ2) is 11.0. The predicted octanol–water partition coefficient (Wildman–Crippen LogP) is 3.99. The molecule has 1 aromatic carbocycles. The molecule has 0 spiro atoms. The third-order valence-corrected chi connectivity index (χ3v) is 5.66. The number of amides is 1. The Kier molecular flexibility index (Phi) is 9.43. The van der Waals surface area contributed by atoms with Gasteiger partial charge in [-0.1, -0.05) is 23.8 Å². The van der Waals surface area contributed by atoms with Crippen LogP contribution in [0, 0.1) is 0 Å². The molecule has 1 amide bonds. The number of aliphatic carboxylic acids is 1. The number of hydrogen-bond acceptors (Lipinski definition) is 5. The van der Waals surface area contributed by atoms with Crippen LogP contribution >= 0.6 is 7.60 Å². The van der Waals surface area contributed by atoms with Crippen LogP contribution in [0.15, 0.2) is 35.9 Å². The third kappa shape index (κ3) is 8.08. The van der Waals surface area contributed by atoms with Crippen molar-refractivity contribution in [3.63, 3.8) is 0 Å². The first-order valence-corrected chi connectivity index (χ1v) is 10.6. The van der Waals surface area contributed by atoms with E-state index in [9.17, 15) is 19.3 Å². The Balaban J connectivity index is 2.82. The zero-order valence-electron chi connectivity index (χ0n) is 16.2. The minimum Gasteiger partial charge on any atom is -0.480 e. The zero-order chi connectivity index (χ0) is 20.4. The first-order valence-electron chi connectivity index (χ1n) is 8.84. The lowest BCUT2D eigenvalue weighted by atomic mass is 10.1. The van der Waals surface area contributed by atoms with Crippen molar-refractivity contribution >= 4 is 19.5 Å². The molecule has 0 aromatic heterocycles. The highest BCUT2D eigenvalue weighted by molar-refractivity contribution is 7.53. The minimum absolute atomic E-state index is 0.106. The zero-order valence-corrected chi connectivity index (χ0v) is 17.1. The Morgan fingerprint density at radius 1 is 1.15 bits per heavy atom. The number of carbonyl (C=O) groups excluding carboxylic acids is 1. The fourth-order valence-electron chi connectivity index (χ4n) is 2.32. The molecule has 0 saturated heterocycles. The van der Waals surface area contributed by atoms with Gasteiger partial charge in [-0.25, -0.2) is 4.79 Å². The summed E-state index contributed by atoms with van der Waals surface area (Å²) in [6.45, 7) is 7.77. The molecule has 0 radical (unpaired) electrons. The third-order valence-electron chi connectivity index (χ3n) is 3.61. The lowest BCUT2D eigenvalue weighted by Gasteiger charge is -2.17.